The fourth-order valence-electron chi connectivity index (χ4n) is 1.73. The zero-order chi connectivity index (χ0) is 16.3. The third kappa shape index (κ3) is 8.53. The molecule has 122 valence electrons. The van der Waals surface area contributed by atoms with Crippen LogP contribution in [0.1, 0.15) is 66.7 Å². The van der Waals surface area contributed by atoms with Gasteiger partial charge in [0, 0.05) is 11.1 Å². The van der Waals surface area contributed by atoms with E-state index < -0.39 is 5.97 Å². The van der Waals surface area contributed by atoms with Gasteiger partial charge in [-0.2, -0.15) is 0 Å². The van der Waals surface area contributed by atoms with Crippen molar-refractivity contribution >= 4 is 11.9 Å². The normalized spacial score (nSPS) is 12.1. The number of carbonyl (C=O) groups excluding carboxylic acids is 2. The average Bonchev–Trinajstić information content (AvgIpc) is 2.44. The van der Waals surface area contributed by atoms with Crippen molar-refractivity contribution in [2.24, 2.45) is 5.92 Å². The van der Waals surface area contributed by atoms with E-state index in [2.05, 4.69) is 0 Å². The molecule has 0 aromatic rings. The van der Waals surface area contributed by atoms with Crippen molar-refractivity contribution in [1.29, 1.82) is 0 Å². The Hall–Kier alpha value is -1.32. The molecule has 0 aliphatic carbocycles. The second-order valence-corrected chi connectivity index (χ2v) is 5.68. The Labute approximate surface area is 128 Å². The lowest BCUT2D eigenvalue weighted by molar-refractivity contribution is -0.142. The smallest absolute Gasteiger partial charge is 0.334 e. The van der Waals surface area contributed by atoms with E-state index in [0.717, 1.165) is 25.7 Å². The summed E-state index contributed by atoms with van der Waals surface area (Å²) >= 11 is 0. The highest BCUT2D eigenvalue weighted by molar-refractivity contribution is 6.00. The predicted octanol–water partition coefficient (Wildman–Crippen LogP) is 4.04. The Kier molecular flexibility index (Phi) is 10.6. The minimum Gasteiger partial charge on any atom is -0.462 e. The predicted molar refractivity (Wildman–Crippen MR) is 83.9 cm³/mol. The molecule has 0 saturated heterocycles. The Balaban J connectivity index is 4.86. The van der Waals surface area contributed by atoms with Gasteiger partial charge in [-0.05, 0) is 32.1 Å². The third-order valence-corrected chi connectivity index (χ3v) is 3.08. The molecule has 0 bridgehead atoms. The summed E-state index contributed by atoms with van der Waals surface area (Å²) in [7, 11) is 0. The van der Waals surface area contributed by atoms with Gasteiger partial charge in [0.15, 0.2) is 0 Å². The van der Waals surface area contributed by atoms with Gasteiger partial charge in [0.05, 0.1) is 13.2 Å². The lowest BCUT2D eigenvalue weighted by Gasteiger charge is -2.13. The van der Waals surface area contributed by atoms with Crippen LogP contribution in [0.4, 0.5) is 0 Å². The first kappa shape index (κ1) is 19.7. The molecule has 0 unspecified atom stereocenters. The van der Waals surface area contributed by atoms with Crippen molar-refractivity contribution in [2.45, 2.75) is 66.7 Å². The van der Waals surface area contributed by atoms with E-state index in [0.29, 0.717) is 30.8 Å². The number of hydrogen-bond acceptors (Lipinski definition) is 4. The molecule has 4 nitrogen and oxygen atoms in total. The summed E-state index contributed by atoms with van der Waals surface area (Å²) < 4.78 is 10.4. The fourth-order valence-corrected chi connectivity index (χ4v) is 1.73. The van der Waals surface area contributed by atoms with Crippen molar-refractivity contribution in [3.8, 4) is 0 Å². The van der Waals surface area contributed by atoms with Crippen LogP contribution in [0.25, 0.3) is 0 Å². The van der Waals surface area contributed by atoms with Gasteiger partial charge in [-0.15, -0.1) is 0 Å². The van der Waals surface area contributed by atoms with Crippen LogP contribution in [0.15, 0.2) is 11.1 Å². The number of esters is 2. The van der Waals surface area contributed by atoms with E-state index in [1.807, 2.05) is 27.7 Å². The highest BCUT2D eigenvalue weighted by Crippen LogP contribution is 2.18. The van der Waals surface area contributed by atoms with Crippen molar-refractivity contribution in [2.75, 3.05) is 13.2 Å². The molecule has 0 heterocycles. The lowest BCUT2D eigenvalue weighted by Crippen LogP contribution is -2.17. The second kappa shape index (κ2) is 11.4. The van der Waals surface area contributed by atoms with Gasteiger partial charge in [-0.25, -0.2) is 9.59 Å². The molecule has 0 saturated carbocycles. The molecule has 0 aromatic carbocycles. The van der Waals surface area contributed by atoms with Crippen molar-refractivity contribution in [3.63, 3.8) is 0 Å². The van der Waals surface area contributed by atoms with Crippen LogP contribution in [0.5, 0.6) is 0 Å². The summed E-state index contributed by atoms with van der Waals surface area (Å²) in [5, 5.41) is 0. The molecule has 4 heteroatoms. The van der Waals surface area contributed by atoms with E-state index in [4.69, 9.17) is 9.47 Å². The molecule has 0 radical (unpaired) electrons. The molecule has 0 amide bonds. The molecule has 0 aromatic heterocycles. The molecule has 0 rings (SSSR count). The van der Waals surface area contributed by atoms with Gasteiger partial charge < -0.3 is 9.47 Å². The van der Waals surface area contributed by atoms with Crippen LogP contribution in [0, 0.1) is 5.92 Å². The van der Waals surface area contributed by atoms with E-state index in [1.165, 1.54) is 0 Å². The largest absolute Gasteiger partial charge is 0.462 e. The first-order chi connectivity index (χ1) is 9.93. The first-order valence-electron chi connectivity index (χ1n) is 7.97. The topological polar surface area (TPSA) is 52.6 Å². The van der Waals surface area contributed by atoms with E-state index in [-0.39, 0.29) is 11.9 Å². The zero-order valence-electron chi connectivity index (χ0n) is 14.2. The minimum absolute atomic E-state index is 0.275. The lowest BCUT2D eigenvalue weighted by atomic mass is 9.99. The standard InChI is InChI=1S/C17H30O4/c1-6-8-10-20-16(18)14(5)15(12-13(3)4)17(19)21-11-9-7-2/h13H,6-12H2,1-5H3. The third-order valence-electron chi connectivity index (χ3n) is 3.08. The Bertz CT molecular complexity index is 356. The van der Waals surface area contributed by atoms with E-state index >= 15 is 0 Å². The number of unbranched alkanes of at least 4 members (excludes halogenated alkanes) is 2. The summed E-state index contributed by atoms with van der Waals surface area (Å²) in [6.45, 7) is 10.5. The summed E-state index contributed by atoms with van der Waals surface area (Å²) in [5.41, 5.74) is 0.823. The molecule has 0 aliphatic heterocycles. The van der Waals surface area contributed by atoms with Crippen LogP contribution in [0.3, 0.4) is 0 Å². The van der Waals surface area contributed by atoms with Crippen LogP contribution >= 0.6 is 0 Å². The maximum absolute atomic E-state index is 12.1. The number of ether oxygens (including phenoxy) is 2. The van der Waals surface area contributed by atoms with Gasteiger partial charge in [0.1, 0.15) is 0 Å². The highest BCUT2D eigenvalue weighted by Gasteiger charge is 2.20. The maximum Gasteiger partial charge on any atom is 0.334 e. The van der Waals surface area contributed by atoms with Gasteiger partial charge in [-0.1, -0.05) is 40.5 Å². The van der Waals surface area contributed by atoms with Crippen LogP contribution < -0.4 is 0 Å². The maximum atomic E-state index is 12.1. The zero-order valence-corrected chi connectivity index (χ0v) is 14.2. The molecule has 0 aliphatic rings. The summed E-state index contributed by atoms with van der Waals surface area (Å²) in [5.74, 6) is -0.522. The van der Waals surface area contributed by atoms with Gasteiger partial charge in [0.2, 0.25) is 0 Å². The Morgan fingerprint density at radius 3 is 1.81 bits per heavy atom. The van der Waals surface area contributed by atoms with Crippen molar-refractivity contribution in [3.05, 3.63) is 11.1 Å². The fraction of sp³-hybridized carbons (Fsp3) is 0.765. The van der Waals surface area contributed by atoms with Crippen molar-refractivity contribution < 1.29 is 19.1 Å². The SMILES string of the molecule is CCCCOC(=O)C(C)=C(CC(C)C)C(=O)OCCCC. The number of carbonyl (C=O) groups is 2. The summed E-state index contributed by atoms with van der Waals surface area (Å²) in [6.07, 6.45) is 4.13. The molecule has 0 atom stereocenters. The molecular formula is C17H30O4. The quantitative estimate of drug-likeness (QED) is 0.347. The highest BCUT2D eigenvalue weighted by atomic mass is 16.5. The van der Waals surface area contributed by atoms with E-state index in [9.17, 15) is 9.59 Å². The average molecular weight is 298 g/mol. The van der Waals surface area contributed by atoms with Gasteiger partial charge in [-0.3, -0.25) is 0 Å². The first-order valence-corrected chi connectivity index (χ1v) is 7.97. The molecule has 21 heavy (non-hydrogen) atoms. The summed E-state index contributed by atoms with van der Waals surface area (Å²) in [4.78, 5) is 24.1. The van der Waals surface area contributed by atoms with E-state index in [1.54, 1.807) is 6.92 Å². The number of rotatable bonds is 10. The number of hydrogen-bond donors (Lipinski definition) is 0. The summed E-state index contributed by atoms with van der Waals surface area (Å²) in [6, 6.07) is 0. The van der Waals surface area contributed by atoms with Crippen molar-refractivity contribution in [1.82, 2.24) is 0 Å². The Morgan fingerprint density at radius 2 is 1.38 bits per heavy atom. The van der Waals surface area contributed by atoms with Crippen LogP contribution in [-0.4, -0.2) is 25.2 Å². The Morgan fingerprint density at radius 1 is 0.905 bits per heavy atom. The van der Waals surface area contributed by atoms with Crippen LogP contribution in [-0.2, 0) is 19.1 Å². The molecule has 0 fully saturated rings. The minimum atomic E-state index is -0.411. The molecule has 0 spiro atoms. The van der Waals surface area contributed by atoms with Crippen LogP contribution in [0.2, 0.25) is 0 Å². The molecular weight excluding hydrogens is 268 g/mol. The van der Waals surface area contributed by atoms with Gasteiger partial charge in [0.25, 0.3) is 0 Å². The second-order valence-electron chi connectivity index (χ2n) is 5.68. The van der Waals surface area contributed by atoms with Gasteiger partial charge >= 0.3 is 11.9 Å². The monoisotopic (exact) mass is 298 g/mol. The molecule has 0 N–H and O–H groups in total.